The molecule has 2 atom stereocenters. The van der Waals surface area contributed by atoms with Gasteiger partial charge in [-0.1, -0.05) is 34.6 Å². The molecular weight excluding hydrogens is 160 g/mol. The van der Waals surface area contributed by atoms with Crippen LogP contribution in [-0.2, 0) is 0 Å². The van der Waals surface area contributed by atoms with Crippen LogP contribution in [0.4, 0.5) is 0 Å². The zero-order chi connectivity index (χ0) is 10.4. The molecule has 0 heterocycles. The van der Waals surface area contributed by atoms with Crippen LogP contribution in [-0.4, -0.2) is 6.54 Å². The quantitative estimate of drug-likeness (QED) is 0.494. The Labute approximate surface area is 83.2 Å². The van der Waals surface area contributed by atoms with Gasteiger partial charge in [0.1, 0.15) is 0 Å². The van der Waals surface area contributed by atoms with Gasteiger partial charge in [-0.3, -0.25) is 11.3 Å². The smallest absolute Gasteiger partial charge is 0.0100 e. The Kier molecular flexibility index (Phi) is 6.35. The molecule has 2 heteroatoms. The maximum absolute atomic E-state index is 5.30. The van der Waals surface area contributed by atoms with Gasteiger partial charge in [-0.05, 0) is 30.1 Å². The Balaban J connectivity index is 4.07. The third kappa shape index (κ3) is 4.63. The minimum atomic E-state index is 0.755. The maximum Gasteiger partial charge on any atom is 0.0100 e. The van der Waals surface area contributed by atoms with Crippen molar-refractivity contribution in [3.63, 3.8) is 0 Å². The van der Waals surface area contributed by atoms with E-state index in [0.717, 1.165) is 30.2 Å². The minimum absolute atomic E-state index is 0.755. The van der Waals surface area contributed by atoms with Crippen LogP contribution in [0.1, 0.15) is 41.0 Å². The number of hydrogen-bond acceptors (Lipinski definition) is 2. The van der Waals surface area contributed by atoms with E-state index in [0.29, 0.717) is 0 Å². The molecule has 0 rings (SSSR count). The van der Waals surface area contributed by atoms with E-state index in [2.05, 4.69) is 40.0 Å². The van der Waals surface area contributed by atoms with Gasteiger partial charge in [0, 0.05) is 6.54 Å². The molecule has 2 unspecified atom stereocenters. The molecule has 2 nitrogen and oxygen atoms in total. The van der Waals surface area contributed by atoms with Gasteiger partial charge < -0.3 is 0 Å². The van der Waals surface area contributed by atoms with Gasteiger partial charge >= 0.3 is 0 Å². The summed E-state index contributed by atoms with van der Waals surface area (Å²) >= 11 is 0. The monoisotopic (exact) mass is 186 g/mol. The summed E-state index contributed by atoms with van der Waals surface area (Å²) in [4.78, 5) is 0. The van der Waals surface area contributed by atoms with E-state index in [1.807, 2.05) is 0 Å². The molecule has 0 saturated carbocycles. The number of rotatable bonds is 6. The summed E-state index contributed by atoms with van der Waals surface area (Å²) in [6, 6.07) is 0. The molecule has 0 aliphatic rings. The van der Waals surface area contributed by atoms with E-state index in [-0.39, 0.29) is 0 Å². The second kappa shape index (κ2) is 6.39. The first-order chi connectivity index (χ1) is 6.00. The first kappa shape index (κ1) is 12.9. The predicted octanol–water partition coefficient (Wildman–Crippen LogP) is 2.40. The molecule has 80 valence electrons. The first-order valence-corrected chi connectivity index (χ1v) is 5.44. The summed E-state index contributed by atoms with van der Waals surface area (Å²) in [5.41, 5.74) is 2.75. The van der Waals surface area contributed by atoms with Crippen molar-refractivity contribution < 1.29 is 0 Å². The summed E-state index contributed by atoms with van der Waals surface area (Å²) in [5, 5.41) is 0. The zero-order valence-electron chi connectivity index (χ0n) is 9.80. The van der Waals surface area contributed by atoms with Gasteiger partial charge in [-0.2, -0.15) is 0 Å². The highest BCUT2D eigenvalue weighted by Gasteiger charge is 2.22. The third-order valence-corrected chi connectivity index (χ3v) is 3.21. The van der Waals surface area contributed by atoms with Gasteiger partial charge in [0.05, 0.1) is 0 Å². The second-order valence-corrected chi connectivity index (χ2v) is 4.75. The van der Waals surface area contributed by atoms with E-state index in [1.54, 1.807) is 0 Å². The van der Waals surface area contributed by atoms with Gasteiger partial charge in [-0.25, -0.2) is 0 Å². The van der Waals surface area contributed by atoms with Crippen molar-refractivity contribution in [3.8, 4) is 0 Å². The van der Waals surface area contributed by atoms with Crippen LogP contribution in [0.2, 0.25) is 0 Å². The number of hydrogen-bond donors (Lipinski definition) is 2. The van der Waals surface area contributed by atoms with Gasteiger partial charge in [-0.15, -0.1) is 0 Å². The Morgan fingerprint density at radius 1 is 1.00 bits per heavy atom. The molecule has 3 N–H and O–H groups in total. The number of nitrogens with one attached hydrogen (secondary N) is 1. The average molecular weight is 186 g/mol. The molecule has 0 saturated heterocycles. The highest BCUT2D eigenvalue weighted by atomic mass is 15.2. The molecular formula is C11H26N2. The molecule has 0 fully saturated rings. The second-order valence-electron chi connectivity index (χ2n) is 4.75. The molecule has 0 aromatic heterocycles. The van der Waals surface area contributed by atoms with Crippen molar-refractivity contribution in [1.82, 2.24) is 5.43 Å². The lowest BCUT2D eigenvalue weighted by Crippen LogP contribution is -2.30. The molecule has 0 aliphatic heterocycles. The fourth-order valence-corrected chi connectivity index (χ4v) is 1.95. The van der Waals surface area contributed by atoms with Crippen molar-refractivity contribution in [1.29, 1.82) is 0 Å². The molecule has 13 heavy (non-hydrogen) atoms. The van der Waals surface area contributed by atoms with E-state index in [4.69, 9.17) is 5.84 Å². The molecule has 0 bridgehead atoms. The fourth-order valence-electron chi connectivity index (χ4n) is 1.95. The average Bonchev–Trinajstić information content (AvgIpc) is 2.04. The third-order valence-electron chi connectivity index (χ3n) is 3.21. The lowest BCUT2D eigenvalue weighted by molar-refractivity contribution is 0.201. The number of hydrazine groups is 1. The Hall–Kier alpha value is -0.0800. The van der Waals surface area contributed by atoms with Gasteiger partial charge in [0.25, 0.3) is 0 Å². The van der Waals surface area contributed by atoms with E-state index in [9.17, 15) is 0 Å². The van der Waals surface area contributed by atoms with Crippen molar-refractivity contribution >= 4 is 0 Å². The normalized spacial score (nSPS) is 16.6. The van der Waals surface area contributed by atoms with Crippen LogP contribution < -0.4 is 11.3 Å². The van der Waals surface area contributed by atoms with Gasteiger partial charge in [0.15, 0.2) is 0 Å². The van der Waals surface area contributed by atoms with Crippen LogP contribution in [0.25, 0.3) is 0 Å². The zero-order valence-corrected chi connectivity index (χ0v) is 9.80. The van der Waals surface area contributed by atoms with E-state index >= 15 is 0 Å². The predicted molar refractivity (Wildman–Crippen MR) is 59.1 cm³/mol. The van der Waals surface area contributed by atoms with Crippen LogP contribution in [0.15, 0.2) is 0 Å². The number of nitrogens with two attached hydrogens (primary N) is 1. The van der Waals surface area contributed by atoms with Crippen LogP contribution >= 0.6 is 0 Å². The highest BCUT2D eigenvalue weighted by Crippen LogP contribution is 2.29. The Bertz CT molecular complexity index is 121. The Morgan fingerprint density at radius 3 is 1.85 bits per heavy atom. The molecule has 0 aromatic carbocycles. The topological polar surface area (TPSA) is 38.0 Å². The summed E-state index contributed by atoms with van der Waals surface area (Å²) < 4.78 is 0. The van der Waals surface area contributed by atoms with Crippen molar-refractivity contribution in [3.05, 3.63) is 0 Å². The molecule has 0 aromatic rings. The first-order valence-electron chi connectivity index (χ1n) is 5.44. The fraction of sp³-hybridized carbons (Fsp3) is 1.00. The summed E-state index contributed by atoms with van der Waals surface area (Å²) in [6.07, 6.45) is 1.19. The van der Waals surface area contributed by atoms with Crippen LogP contribution in [0.5, 0.6) is 0 Å². The molecule has 0 spiro atoms. The van der Waals surface area contributed by atoms with Crippen molar-refractivity contribution in [2.45, 2.75) is 41.0 Å². The molecule has 0 radical (unpaired) electrons. The van der Waals surface area contributed by atoms with E-state index in [1.165, 1.54) is 6.42 Å². The summed E-state index contributed by atoms with van der Waals surface area (Å²) in [5.74, 6) is 8.40. The van der Waals surface area contributed by atoms with Crippen LogP contribution in [0, 0.1) is 23.7 Å². The SMILES string of the molecule is CC(C)C(C)C(CCNN)C(C)C. The van der Waals surface area contributed by atoms with Crippen molar-refractivity contribution in [2.24, 2.45) is 29.5 Å². The standard InChI is InChI=1S/C11H26N2/c1-8(2)10(5)11(9(3)4)6-7-13-12/h8-11,13H,6-7,12H2,1-5H3. The Morgan fingerprint density at radius 2 is 1.54 bits per heavy atom. The maximum atomic E-state index is 5.30. The van der Waals surface area contributed by atoms with Crippen LogP contribution in [0.3, 0.4) is 0 Å². The highest BCUT2D eigenvalue weighted by molar-refractivity contribution is 4.72. The summed E-state index contributed by atoms with van der Waals surface area (Å²) in [6.45, 7) is 12.5. The minimum Gasteiger partial charge on any atom is -0.271 e. The lowest BCUT2D eigenvalue weighted by Gasteiger charge is -2.30. The van der Waals surface area contributed by atoms with E-state index < -0.39 is 0 Å². The largest absolute Gasteiger partial charge is 0.271 e. The molecule has 0 aliphatic carbocycles. The summed E-state index contributed by atoms with van der Waals surface area (Å²) in [7, 11) is 0. The molecule has 0 amide bonds. The lowest BCUT2D eigenvalue weighted by atomic mass is 9.76. The van der Waals surface area contributed by atoms with Crippen molar-refractivity contribution in [2.75, 3.05) is 6.54 Å². The van der Waals surface area contributed by atoms with Gasteiger partial charge in [0.2, 0.25) is 0 Å².